The fraction of sp³-hybridized carbons (Fsp3) is 0.316. The van der Waals surface area contributed by atoms with E-state index < -0.39 is 0 Å². The maximum absolute atomic E-state index is 12.6. The molecule has 1 heterocycles. The van der Waals surface area contributed by atoms with Gasteiger partial charge in [-0.1, -0.05) is 6.07 Å². The molecule has 0 aliphatic carbocycles. The van der Waals surface area contributed by atoms with Crippen molar-refractivity contribution in [2.24, 2.45) is 0 Å². The highest BCUT2D eigenvalue weighted by molar-refractivity contribution is 5.94. The van der Waals surface area contributed by atoms with Crippen molar-refractivity contribution < 1.29 is 19.4 Å². The van der Waals surface area contributed by atoms with Crippen LogP contribution in [0, 0.1) is 10.1 Å². The number of nitrogens with zero attached hydrogens (tertiary/aromatic N) is 2. The van der Waals surface area contributed by atoms with Crippen LogP contribution in [0.4, 0.5) is 5.69 Å². The molecule has 1 aliphatic rings. The minimum atomic E-state index is -0.389. The topological polar surface area (TPSA) is 77.1 Å². The quantitative estimate of drug-likeness (QED) is 0.644. The number of benzene rings is 2. The van der Waals surface area contributed by atoms with E-state index in [0.29, 0.717) is 24.4 Å². The molecule has 1 saturated heterocycles. The van der Waals surface area contributed by atoms with Crippen molar-refractivity contribution in [3.8, 4) is 5.75 Å². The summed E-state index contributed by atoms with van der Waals surface area (Å²) < 4.78 is 5.18. The summed E-state index contributed by atoms with van der Waals surface area (Å²) in [7, 11) is 1.59. The summed E-state index contributed by atoms with van der Waals surface area (Å²) in [5, 5.41) is 10.7. The Morgan fingerprint density at radius 1 is 1.19 bits per heavy atom. The monoisotopic (exact) mass is 356 g/mol. The van der Waals surface area contributed by atoms with Crippen molar-refractivity contribution in [3.05, 3.63) is 69.8 Å². The Morgan fingerprint density at radius 3 is 2.50 bits per heavy atom. The van der Waals surface area contributed by atoms with Gasteiger partial charge in [0.05, 0.1) is 38.2 Å². The number of piperazine rings is 1. The maximum Gasteiger partial charge on any atom is 0.269 e. The Kier molecular flexibility index (Phi) is 5.48. The molecule has 1 amide bonds. The number of methoxy groups -OCH3 is 1. The summed E-state index contributed by atoms with van der Waals surface area (Å²) in [6.45, 7) is 3.90. The van der Waals surface area contributed by atoms with Crippen molar-refractivity contribution >= 4 is 11.6 Å². The molecule has 136 valence electrons. The highest BCUT2D eigenvalue weighted by Gasteiger charge is 2.25. The van der Waals surface area contributed by atoms with Crippen LogP contribution in [-0.4, -0.2) is 49.0 Å². The number of nitro benzene ring substituents is 1. The smallest absolute Gasteiger partial charge is 0.269 e. The van der Waals surface area contributed by atoms with Crippen molar-refractivity contribution in [1.82, 2.24) is 4.90 Å². The molecule has 0 bridgehead atoms. The van der Waals surface area contributed by atoms with Gasteiger partial charge in [0.25, 0.3) is 11.6 Å². The van der Waals surface area contributed by atoms with Gasteiger partial charge in [0.2, 0.25) is 0 Å². The van der Waals surface area contributed by atoms with Crippen LogP contribution in [0.25, 0.3) is 0 Å². The lowest BCUT2D eigenvalue weighted by molar-refractivity contribution is -0.917. The summed E-state index contributed by atoms with van der Waals surface area (Å²) in [6.07, 6.45) is 0. The lowest BCUT2D eigenvalue weighted by atomic mass is 10.1. The van der Waals surface area contributed by atoms with Crippen LogP contribution in [0.2, 0.25) is 0 Å². The number of nitrogens with one attached hydrogen (secondary N) is 1. The number of rotatable bonds is 5. The van der Waals surface area contributed by atoms with E-state index in [9.17, 15) is 14.9 Å². The molecule has 3 rings (SSSR count). The highest BCUT2D eigenvalue weighted by Crippen LogP contribution is 2.15. The van der Waals surface area contributed by atoms with Crippen molar-refractivity contribution in [2.45, 2.75) is 6.54 Å². The molecule has 2 aromatic rings. The molecule has 7 heteroatoms. The minimum Gasteiger partial charge on any atom is -0.497 e. The van der Waals surface area contributed by atoms with Gasteiger partial charge < -0.3 is 14.5 Å². The first-order valence-corrected chi connectivity index (χ1v) is 8.57. The summed E-state index contributed by atoms with van der Waals surface area (Å²) in [5.41, 5.74) is 1.82. The van der Waals surface area contributed by atoms with Crippen molar-refractivity contribution in [1.29, 1.82) is 0 Å². The van der Waals surface area contributed by atoms with Crippen LogP contribution in [0.3, 0.4) is 0 Å². The Bertz CT molecular complexity index is 784. The lowest BCUT2D eigenvalue weighted by Gasteiger charge is -2.32. The first-order chi connectivity index (χ1) is 12.6. The third kappa shape index (κ3) is 4.18. The number of ether oxygens (including phenoxy) is 1. The van der Waals surface area contributed by atoms with Crippen LogP contribution in [-0.2, 0) is 6.54 Å². The largest absolute Gasteiger partial charge is 0.497 e. The van der Waals surface area contributed by atoms with Crippen molar-refractivity contribution in [2.75, 3.05) is 33.3 Å². The molecular weight excluding hydrogens is 334 g/mol. The van der Waals surface area contributed by atoms with E-state index in [1.807, 2.05) is 17.0 Å². The Hall–Kier alpha value is -2.93. The molecule has 1 fully saturated rings. The van der Waals surface area contributed by atoms with Gasteiger partial charge in [-0.3, -0.25) is 14.9 Å². The zero-order valence-electron chi connectivity index (χ0n) is 14.7. The molecule has 0 aromatic heterocycles. The van der Waals surface area contributed by atoms with Crippen LogP contribution in [0.1, 0.15) is 15.9 Å². The van der Waals surface area contributed by atoms with Gasteiger partial charge in [0.15, 0.2) is 0 Å². The molecule has 0 saturated carbocycles. The normalized spacial score (nSPS) is 14.9. The second kappa shape index (κ2) is 7.97. The Morgan fingerprint density at radius 2 is 1.88 bits per heavy atom. The van der Waals surface area contributed by atoms with E-state index in [0.717, 1.165) is 25.2 Å². The number of hydrogen-bond acceptors (Lipinski definition) is 4. The molecule has 0 atom stereocenters. The van der Waals surface area contributed by atoms with Gasteiger partial charge >= 0.3 is 0 Å². The van der Waals surface area contributed by atoms with Gasteiger partial charge in [-0.05, 0) is 30.3 Å². The Balaban J connectivity index is 1.55. The van der Waals surface area contributed by atoms with E-state index >= 15 is 0 Å². The molecule has 0 radical (unpaired) electrons. The molecule has 0 unspecified atom stereocenters. The predicted octanol–water partition coefficient (Wildman–Crippen LogP) is 1.14. The molecule has 1 aliphatic heterocycles. The van der Waals surface area contributed by atoms with E-state index in [2.05, 4.69) is 0 Å². The van der Waals surface area contributed by atoms with E-state index in [-0.39, 0.29) is 16.5 Å². The molecule has 2 aromatic carbocycles. The second-order valence-electron chi connectivity index (χ2n) is 6.37. The molecule has 1 N–H and O–H groups in total. The third-order valence-corrected chi connectivity index (χ3v) is 4.68. The van der Waals surface area contributed by atoms with E-state index in [4.69, 9.17) is 4.74 Å². The van der Waals surface area contributed by atoms with E-state index in [1.165, 1.54) is 17.0 Å². The number of hydrogen-bond donors (Lipinski definition) is 1. The number of amides is 1. The SMILES string of the molecule is COc1cccc(C(=O)N2CC[NH+](Cc3ccc([N+](=O)[O-])cc3)CC2)c1. The zero-order chi connectivity index (χ0) is 18.5. The highest BCUT2D eigenvalue weighted by atomic mass is 16.6. The van der Waals surface area contributed by atoms with Crippen LogP contribution < -0.4 is 9.64 Å². The Labute approximate surface area is 151 Å². The summed E-state index contributed by atoms with van der Waals surface area (Å²) in [4.78, 5) is 26.2. The summed E-state index contributed by atoms with van der Waals surface area (Å²) in [5.74, 6) is 0.705. The predicted molar refractivity (Wildman–Crippen MR) is 96.4 cm³/mol. The summed E-state index contributed by atoms with van der Waals surface area (Å²) >= 11 is 0. The number of carbonyl (C=O) groups excluding carboxylic acids is 1. The minimum absolute atomic E-state index is 0.0262. The second-order valence-corrected chi connectivity index (χ2v) is 6.37. The molecular formula is C19H22N3O4+. The van der Waals surface area contributed by atoms with Crippen molar-refractivity contribution in [3.63, 3.8) is 0 Å². The van der Waals surface area contributed by atoms with Gasteiger partial charge in [-0.25, -0.2) is 0 Å². The molecule has 0 spiro atoms. The van der Waals surface area contributed by atoms with E-state index in [1.54, 1.807) is 31.4 Å². The standard InChI is InChI=1S/C19H21N3O4/c1-26-18-4-2-3-16(13-18)19(23)21-11-9-20(10-12-21)14-15-5-7-17(8-6-15)22(24)25/h2-8,13H,9-12,14H2,1H3/p+1. The fourth-order valence-electron chi connectivity index (χ4n) is 3.17. The molecule has 26 heavy (non-hydrogen) atoms. The molecule has 7 nitrogen and oxygen atoms in total. The lowest BCUT2D eigenvalue weighted by Crippen LogP contribution is -3.13. The summed E-state index contributed by atoms with van der Waals surface area (Å²) in [6, 6.07) is 13.9. The van der Waals surface area contributed by atoms with Gasteiger partial charge in [0.1, 0.15) is 12.3 Å². The van der Waals surface area contributed by atoms with Gasteiger partial charge in [-0.15, -0.1) is 0 Å². The average Bonchev–Trinajstić information content (AvgIpc) is 2.68. The van der Waals surface area contributed by atoms with Gasteiger partial charge in [-0.2, -0.15) is 0 Å². The van der Waals surface area contributed by atoms with Gasteiger partial charge in [0, 0.05) is 23.3 Å². The third-order valence-electron chi connectivity index (χ3n) is 4.68. The number of nitro groups is 1. The van der Waals surface area contributed by atoms with Crippen LogP contribution in [0.5, 0.6) is 5.75 Å². The number of quaternary nitrogens is 1. The fourth-order valence-corrected chi connectivity index (χ4v) is 3.17. The first-order valence-electron chi connectivity index (χ1n) is 8.57. The van der Waals surface area contributed by atoms with Crippen LogP contribution >= 0.6 is 0 Å². The zero-order valence-corrected chi connectivity index (χ0v) is 14.7. The number of carbonyl (C=O) groups is 1. The maximum atomic E-state index is 12.6. The average molecular weight is 356 g/mol. The number of non-ortho nitro benzene ring substituents is 1. The first kappa shape index (κ1) is 17.9. The van der Waals surface area contributed by atoms with Crippen LogP contribution in [0.15, 0.2) is 48.5 Å².